The van der Waals surface area contributed by atoms with Crippen LogP contribution in [-0.4, -0.2) is 53.0 Å². The van der Waals surface area contributed by atoms with Crippen LogP contribution in [0.1, 0.15) is 33.6 Å². The Labute approximate surface area is 97.8 Å². The van der Waals surface area contributed by atoms with E-state index in [9.17, 15) is 4.79 Å². The van der Waals surface area contributed by atoms with Gasteiger partial charge in [0, 0.05) is 25.2 Å². The van der Waals surface area contributed by atoms with Gasteiger partial charge in [-0.1, -0.05) is 0 Å². The first-order valence-corrected chi connectivity index (χ1v) is 6.23. The summed E-state index contributed by atoms with van der Waals surface area (Å²) in [5.74, 6) is 0.0894. The molecular formula is C12H23N3O. The lowest BCUT2D eigenvalue weighted by Gasteiger charge is -2.44. The number of carbonyl (C=O) groups excluding carboxylic acids is 1. The van der Waals surface area contributed by atoms with Gasteiger partial charge in [-0.05, 0) is 40.2 Å². The second-order valence-corrected chi connectivity index (χ2v) is 5.82. The Bertz CT molecular complexity index is 284. The fraction of sp³-hybridized carbons (Fsp3) is 0.917. The normalized spacial score (nSPS) is 31.6. The number of nitrogens with two attached hydrogens (primary N) is 1. The minimum absolute atomic E-state index is 0.0894. The van der Waals surface area contributed by atoms with Crippen LogP contribution in [0, 0.1) is 0 Å². The Balaban J connectivity index is 2.08. The van der Waals surface area contributed by atoms with E-state index in [1.54, 1.807) is 13.8 Å². The molecule has 92 valence electrons. The van der Waals surface area contributed by atoms with Crippen LogP contribution in [0.5, 0.6) is 0 Å². The summed E-state index contributed by atoms with van der Waals surface area (Å²) < 4.78 is 0. The Morgan fingerprint density at radius 1 is 1.38 bits per heavy atom. The molecule has 0 spiro atoms. The molecule has 0 saturated carbocycles. The van der Waals surface area contributed by atoms with E-state index in [-0.39, 0.29) is 5.91 Å². The number of nitrogens with zero attached hydrogens (tertiary/aromatic N) is 2. The van der Waals surface area contributed by atoms with Gasteiger partial charge in [0.25, 0.3) is 0 Å². The number of piperazine rings is 1. The highest BCUT2D eigenvalue weighted by molar-refractivity contribution is 5.85. The maximum atomic E-state index is 12.2. The molecule has 2 atom stereocenters. The Hall–Kier alpha value is -0.610. The molecule has 0 aromatic rings. The third kappa shape index (κ3) is 2.09. The lowest BCUT2D eigenvalue weighted by molar-refractivity contribution is -0.141. The van der Waals surface area contributed by atoms with Crippen molar-refractivity contribution in [2.75, 3.05) is 19.6 Å². The smallest absolute Gasteiger partial charge is 0.242 e. The van der Waals surface area contributed by atoms with Gasteiger partial charge in [-0.3, -0.25) is 9.69 Å². The highest BCUT2D eigenvalue weighted by atomic mass is 16.2. The monoisotopic (exact) mass is 225 g/mol. The van der Waals surface area contributed by atoms with Gasteiger partial charge in [0.1, 0.15) is 0 Å². The minimum Gasteiger partial charge on any atom is -0.336 e. The molecule has 2 aliphatic heterocycles. The molecular weight excluding hydrogens is 202 g/mol. The summed E-state index contributed by atoms with van der Waals surface area (Å²) in [6, 6.07) is 0.868. The maximum absolute atomic E-state index is 12.2. The van der Waals surface area contributed by atoms with Crippen LogP contribution in [0.25, 0.3) is 0 Å². The van der Waals surface area contributed by atoms with E-state index in [0.29, 0.717) is 12.1 Å². The van der Waals surface area contributed by atoms with Crippen molar-refractivity contribution in [3.05, 3.63) is 0 Å². The van der Waals surface area contributed by atoms with Crippen LogP contribution < -0.4 is 5.73 Å². The fourth-order valence-corrected chi connectivity index (χ4v) is 2.84. The fourth-order valence-electron chi connectivity index (χ4n) is 2.84. The molecule has 4 heteroatoms. The van der Waals surface area contributed by atoms with E-state index >= 15 is 0 Å². The lowest BCUT2D eigenvalue weighted by Crippen LogP contribution is -2.62. The molecule has 0 aliphatic carbocycles. The van der Waals surface area contributed by atoms with Gasteiger partial charge in [0.2, 0.25) is 5.91 Å². The summed E-state index contributed by atoms with van der Waals surface area (Å²) in [5.41, 5.74) is 5.16. The van der Waals surface area contributed by atoms with Crippen molar-refractivity contribution < 1.29 is 4.79 Å². The SMILES string of the molecule is CC1CN2CCCC2CN1C(=O)C(C)(C)N. The van der Waals surface area contributed by atoms with Gasteiger partial charge < -0.3 is 10.6 Å². The van der Waals surface area contributed by atoms with Crippen molar-refractivity contribution >= 4 is 5.91 Å². The van der Waals surface area contributed by atoms with Crippen molar-refractivity contribution in [1.82, 2.24) is 9.80 Å². The van der Waals surface area contributed by atoms with E-state index < -0.39 is 5.54 Å². The molecule has 4 nitrogen and oxygen atoms in total. The van der Waals surface area contributed by atoms with Crippen LogP contribution in [0.15, 0.2) is 0 Å². The molecule has 2 unspecified atom stereocenters. The summed E-state index contributed by atoms with van der Waals surface area (Å²) in [5, 5.41) is 0. The molecule has 0 radical (unpaired) electrons. The van der Waals surface area contributed by atoms with E-state index in [1.807, 2.05) is 4.90 Å². The third-order valence-electron chi connectivity index (χ3n) is 3.75. The minimum atomic E-state index is -0.741. The molecule has 1 amide bonds. The molecule has 2 fully saturated rings. The molecule has 16 heavy (non-hydrogen) atoms. The maximum Gasteiger partial charge on any atom is 0.242 e. The quantitative estimate of drug-likeness (QED) is 0.703. The van der Waals surface area contributed by atoms with Gasteiger partial charge in [-0.15, -0.1) is 0 Å². The van der Waals surface area contributed by atoms with Crippen molar-refractivity contribution in [2.45, 2.75) is 51.2 Å². The van der Waals surface area contributed by atoms with Crippen LogP contribution in [0.3, 0.4) is 0 Å². The van der Waals surface area contributed by atoms with E-state index in [1.165, 1.54) is 19.4 Å². The van der Waals surface area contributed by atoms with Crippen LogP contribution in [0.4, 0.5) is 0 Å². The molecule has 2 N–H and O–H groups in total. The average molecular weight is 225 g/mol. The van der Waals surface area contributed by atoms with E-state index in [4.69, 9.17) is 5.73 Å². The van der Waals surface area contributed by atoms with Crippen LogP contribution in [-0.2, 0) is 4.79 Å². The number of hydrogen-bond acceptors (Lipinski definition) is 3. The summed E-state index contributed by atoms with van der Waals surface area (Å²) in [7, 11) is 0. The van der Waals surface area contributed by atoms with Gasteiger partial charge in [-0.25, -0.2) is 0 Å². The van der Waals surface area contributed by atoms with E-state index in [2.05, 4.69) is 11.8 Å². The third-order valence-corrected chi connectivity index (χ3v) is 3.75. The van der Waals surface area contributed by atoms with Crippen molar-refractivity contribution in [2.24, 2.45) is 5.73 Å². The largest absolute Gasteiger partial charge is 0.336 e. The lowest BCUT2D eigenvalue weighted by atomic mass is 10.0. The zero-order valence-electron chi connectivity index (χ0n) is 10.6. The second-order valence-electron chi connectivity index (χ2n) is 5.82. The highest BCUT2D eigenvalue weighted by Gasteiger charge is 2.39. The summed E-state index contributed by atoms with van der Waals surface area (Å²) >= 11 is 0. The summed E-state index contributed by atoms with van der Waals surface area (Å²) in [4.78, 5) is 16.7. The van der Waals surface area contributed by atoms with Gasteiger partial charge in [-0.2, -0.15) is 0 Å². The molecule has 2 aliphatic rings. The standard InChI is InChI=1S/C12H23N3O/c1-9-7-14-6-4-5-10(14)8-15(9)11(16)12(2,3)13/h9-10H,4-8,13H2,1-3H3. The zero-order chi connectivity index (χ0) is 11.9. The predicted molar refractivity (Wildman–Crippen MR) is 64.0 cm³/mol. The Morgan fingerprint density at radius 2 is 2.06 bits per heavy atom. The van der Waals surface area contributed by atoms with Crippen LogP contribution >= 0.6 is 0 Å². The summed E-state index contributed by atoms with van der Waals surface area (Å²) in [6.45, 7) is 8.78. The second kappa shape index (κ2) is 4.00. The molecule has 2 saturated heterocycles. The molecule has 0 bridgehead atoms. The number of amides is 1. The Morgan fingerprint density at radius 3 is 2.69 bits per heavy atom. The first-order valence-electron chi connectivity index (χ1n) is 6.23. The topological polar surface area (TPSA) is 49.6 Å². The Kier molecular flexibility index (Phi) is 2.97. The van der Waals surface area contributed by atoms with Gasteiger partial charge in [0.15, 0.2) is 0 Å². The van der Waals surface area contributed by atoms with Gasteiger partial charge in [0.05, 0.1) is 5.54 Å². The number of fused-ring (bicyclic) bond motifs is 1. The first kappa shape index (κ1) is 11.9. The van der Waals surface area contributed by atoms with Crippen molar-refractivity contribution in [3.63, 3.8) is 0 Å². The predicted octanol–water partition coefficient (Wildman–Crippen LogP) is 0.419. The molecule has 2 rings (SSSR count). The number of hydrogen-bond donors (Lipinski definition) is 1. The summed E-state index contributed by atoms with van der Waals surface area (Å²) in [6.07, 6.45) is 2.49. The zero-order valence-corrected chi connectivity index (χ0v) is 10.6. The first-order chi connectivity index (χ1) is 7.39. The van der Waals surface area contributed by atoms with Gasteiger partial charge >= 0.3 is 0 Å². The number of rotatable bonds is 1. The van der Waals surface area contributed by atoms with Crippen LogP contribution in [0.2, 0.25) is 0 Å². The van der Waals surface area contributed by atoms with E-state index in [0.717, 1.165) is 13.1 Å². The molecule has 0 aromatic carbocycles. The number of carbonyl (C=O) groups is 1. The highest BCUT2D eigenvalue weighted by Crippen LogP contribution is 2.25. The average Bonchev–Trinajstić information content (AvgIpc) is 2.60. The molecule has 0 aromatic heterocycles. The molecule has 2 heterocycles. The van der Waals surface area contributed by atoms with Crippen molar-refractivity contribution in [3.8, 4) is 0 Å². The van der Waals surface area contributed by atoms with Crippen molar-refractivity contribution in [1.29, 1.82) is 0 Å².